The maximum atomic E-state index is 12.8. The molecule has 29 heavy (non-hydrogen) atoms. The van der Waals surface area contributed by atoms with Crippen molar-refractivity contribution in [3.8, 4) is 11.5 Å². The molecule has 0 bridgehead atoms. The number of hydrogen-bond donors (Lipinski definition) is 2. The summed E-state index contributed by atoms with van der Waals surface area (Å²) in [5.41, 5.74) is 3.02. The third kappa shape index (κ3) is 3.99. The Morgan fingerprint density at radius 3 is 2.83 bits per heavy atom. The molecule has 1 fully saturated rings. The number of methoxy groups -OCH3 is 2. The first-order valence-electron chi connectivity index (χ1n) is 9.89. The van der Waals surface area contributed by atoms with E-state index in [9.17, 15) is 4.79 Å². The summed E-state index contributed by atoms with van der Waals surface area (Å²) >= 11 is 0. The Morgan fingerprint density at radius 2 is 2.03 bits per heavy atom. The van der Waals surface area contributed by atoms with Gasteiger partial charge in [0, 0.05) is 13.1 Å². The summed E-state index contributed by atoms with van der Waals surface area (Å²) in [6.07, 6.45) is 2.61. The Morgan fingerprint density at radius 1 is 1.21 bits per heavy atom. The molecule has 1 aromatic heterocycles. The number of rotatable bonds is 6. The van der Waals surface area contributed by atoms with E-state index in [1.807, 2.05) is 47.4 Å². The number of imidazole rings is 1. The number of amides is 2. The number of aromatic nitrogens is 2. The number of urea groups is 1. The highest BCUT2D eigenvalue weighted by Gasteiger charge is 2.32. The molecule has 1 unspecified atom stereocenters. The lowest BCUT2D eigenvalue weighted by atomic mass is 10.1. The third-order valence-electron chi connectivity index (χ3n) is 5.37. The number of para-hydroxylation sites is 2. The summed E-state index contributed by atoms with van der Waals surface area (Å²) in [4.78, 5) is 22.7. The Balaban J connectivity index is 1.37. The van der Waals surface area contributed by atoms with Crippen molar-refractivity contribution in [1.29, 1.82) is 0 Å². The van der Waals surface area contributed by atoms with Gasteiger partial charge in [0.05, 0.1) is 31.3 Å². The number of H-pyrrole nitrogens is 1. The normalized spacial score (nSPS) is 16.2. The first-order chi connectivity index (χ1) is 14.2. The van der Waals surface area contributed by atoms with Gasteiger partial charge in [0.15, 0.2) is 11.5 Å². The van der Waals surface area contributed by atoms with Crippen LogP contribution >= 0.6 is 0 Å². The van der Waals surface area contributed by atoms with Gasteiger partial charge in [0.25, 0.3) is 0 Å². The fourth-order valence-corrected chi connectivity index (χ4v) is 3.88. The van der Waals surface area contributed by atoms with E-state index in [1.165, 1.54) is 0 Å². The van der Waals surface area contributed by atoms with Crippen molar-refractivity contribution in [2.45, 2.75) is 25.3 Å². The minimum absolute atomic E-state index is 0.0107. The summed E-state index contributed by atoms with van der Waals surface area (Å²) in [7, 11) is 3.24. The lowest BCUT2D eigenvalue weighted by Crippen LogP contribution is -2.40. The molecule has 2 amide bonds. The van der Waals surface area contributed by atoms with Gasteiger partial charge in [-0.25, -0.2) is 9.78 Å². The molecule has 2 heterocycles. The van der Waals surface area contributed by atoms with Gasteiger partial charge in [-0.2, -0.15) is 0 Å². The zero-order valence-corrected chi connectivity index (χ0v) is 16.8. The molecule has 0 radical (unpaired) electrons. The molecule has 1 aliphatic rings. The van der Waals surface area contributed by atoms with Crippen molar-refractivity contribution < 1.29 is 14.3 Å². The zero-order chi connectivity index (χ0) is 20.2. The van der Waals surface area contributed by atoms with Gasteiger partial charge in [-0.05, 0) is 49.1 Å². The minimum Gasteiger partial charge on any atom is -0.493 e. The van der Waals surface area contributed by atoms with E-state index in [-0.39, 0.29) is 12.1 Å². The predicted octanol–water partition coefficient (Wildman–Crippen LogP) is 3.67. The summed E-state index contributed by atoms with van der Waals surface area (Å²) in [6, 6.07) is 13.7. The van der Waals surface area contributed by atoms with E-state index in [0.717, 1.165) is 48.2 Å². The minimum atomic E-state index is -0.0477. The number of nitrogens with one attached hydrogen (secondary N) is 2. The second kappa shape index (κ2) is 8.43. The highest BCUT2D eigenvalue weighted by Crippen LogP contribution is 2.31. The highest BCUT2D eigenvalue weighted by molar-refractivity contribution is 5.77. The van der Waals surface area contributed by atoms with Crippen LogP contribution in [0.1, 0.15) is 30.3 Å². The van der Waals surface area contributed by atoms with Gasteiger partial charge in [-0.15, -0.1) is 0 Å². The molecular formula is C22H26N4O3. The van der Waals surface area contributed by atoms with Crippen LogP contribution in [-0.2, 0) is 6.42 Å². The second-order valence-electron chi connectivity index (χ2n) is 7.16. The van der Waals surface area contributed by atoms with Crippen LogP contribution in [0.15, 0.2) is 42.5 Å². The zero-order valence-electron chi connectivity index (χ0n) is 16.8. The molecule has 7 nitrogen and oxygen atoms in total. The van der Waals surface area contributed by atoms with Crippen LogP contribution in [0.2, 0.25) is 0 Å². The van der Waals surface area contributed by atoms with E-state index < -0.39 is 0 Å². The SMILES string of the molecule is COc1ccc(CCNC(=O)N2CCCC2c2nc3ccccc3[nH]2)cc1OC. The Kier molecular flexibility index (Phi) is 5.55. The van der Waals surface area contributed by atoms with Gasteiger partial charge in [0.2, 0.25) is 0 Å². The molecule has 2 N–H and O–H groups in total. The summed E-state index contributed by atoms with van der Waals surface area (Å²) in [5, 5.41) is 3.05. The smallest absolute Gasteiger partial charge is 0.318 e. The average Bonchev–Trinajstić information content (AvgIpc) is 3.40. The number of benzene rings is 2. The second-order valence-corrected chi connectivity index (χ2v) is 7.16. The molecule has 0 spiro atoms. The molecule has 7 heteroatoms. The van der Waals surface area contributed by atoms with Crippen LogP contribution in [0.4, 0.5) is 4.79 Å². The Labute approximate surface area is 170 Å². The largest absolute Gasteiger partial charge is 0.493 e. The van der Waals surface area contributed by atoms with Gasteiger partial charge < -0.3 is 24.7 Å². The van der Waals surface area contributed by atoms with Crippen LogP contribution < -0.4 is 14.8 Å². The summed E-state index contributed by atoms with van der Waals surface area (Å²) < 4.78 is 10.6. The first-order valence-corrected chi connectivity index (χ1v) is 9.89. The quantitative estimate of drug-likeness (QED) is 0.669. The maximum Gasteiger partial charge on any atom is 0.318 e. The Bertz CT molecular complexity index is 968. The molecule has 1 aliphatic heterocycles. The van der Waals surface area contributed by atoms with Crippen molar-refractivity contribution in [2.75, 3.05) is 27.3 Å². The van der Waals surface area contributed by atoms with E-state index in [2.05, 4.69) is 15.3 Å². The number of ether oxygens (including phenoxy) is 2. The first kappa shape index (κ1) is 19.1. The number of carbonyl (C=O) groups is 1. The van der Waals surface area contributed by atoms with Crippen molar-refractivity contribution in [3.63, 3.8) is 0 Å². The van der Waals surface area contributed by atoms with Gasteiger partial charge >= 0.3 is 6.03 Å². The van der Waals surface area contributed by atoms with Gasteiger partial charge in [-0.3, -0.25) is 0 Å². The average molecular weight is 394 g/mol. The molecule has 0 saturated carbocycles. The molecule has 0 aliphatic carbocycles. The Hall–Kier alpha value is -3.22. The van der Waals surface area contributed by atoms with Crippen molar-refractivity contribution in [2.24, 2.45) is 0 Å². The molecule has 2 aromatic carbocycles. The molecule has 1 saturated heterocycles. The fourth-order valence-electron chi connectivity index (χ4n) is 3.88. The molecule has 4 rings (SSSR count). The fraction of sp³-hybridized carbons (Fsp3) is 0.364. The predicted molar refractivity (Wildman–Crippen MR) is 111 cm³/mol. The number of aromatic amines is 1. The van der Waals surface area contributed by atoms with E-state index >= 15 is 0 Å². The molecule has 152 valence electrons. The third-order valence-corrected chi connectivity index (χ3v) is 5.37. The number of likely N-dealkylation sites (tertiary alicyclic amines) is 1. The molecule has 3 aromatic rings. The van der Waals surface area contributed by atoms with Crippen LogP contribution in [0.25, 0.3) is 11.0 Å². The summed E-state index contributed by atoms with van der Waals surface area (Å²) in [5.74, 6) is 2.26. The number of fused-ring (bicyclic) bond motifs is 1. The lowest BCUT2D eigenvalue weighted by molar-refractivity contribution is 0.191. The van der Waals surface area contributed by atoms with Crippen LogP contribution in [-0.4, -0.2) is 48.2 Å². The van der Waals surface area contributed by atoms with E-state index in [0.29, 0.717) is 18.0 Å². The van der Waals surface area contributed by atoms with Crippen molar-refractivity contribution in [1.82, 2.24) is 20.2 Å². The number of nitrogens with zero attached hydrogens (tertiary/aromatic N) is 2. The van der Waals surface area contributed by atoms with Crippen LogP contribution in [0.3, 0.4) is 0 Å². The summed E-state index contributed by atoms with van der Waals surface area (Å²) in [6.45, 7) is 1.29. The maximum absolute atomic E-state index is 12.8. The standard InChI is InChI=1S/C22H26N4O3/c1-28-19-10-9-15(14-20(19)29-2)11-12-23-22(27)26-13-5-8-18(26)21-24-16-6-3-4-7-17(16)25-21/h3-4,6-7,9-10,14,18H,5,8,11-13H2,1-2H3,(H,23,27)(H,24,25). The van der Waals surface area contributed by atoms with Gasteiger partial charge in [-0.1, -0.05) is 18.2 Å². The highest BCUT2D eigenvalue weighted by atomic mass is 16.5. The topological polar surface area (TPSA) is 79.5 Å². The van der Waals surface area contributed by atoms with Crippen molar-refractivity contribution >= 4 is 17.1 Å². The van der Waals surface area contributed by atoms with Crippen LogP contribution in [0, 0.1) is 0 Å². The van der Waals surface area contributed by atoms with E-state index in [1.54, 1.807) is 14.2 Å². The number of hydrogen-bond acceptors (Lipinski definition) is 4. The van der Waals surface area contributed by atoms with Gasteiger partial charge in [0.1, 0.15) is 5.82 Å². The van der Waals surface area contributed by atoms with Crippen LogP contribution in [0.5, 0.6) is 11.5 Å². The monoisotopic (exact) mass is 394 g/mol. The van der Waals surface area contributed by atoms with Crippen molar-refractivity contribution in [3.05, 3.63) is 53.9 Å². The number of carbonyl (C=O) groups excluding carboxylic acids is 1. The molecular weight excluding hydrogens is 368 g/mol. The molecule has 1 atom stereocenters. The lowest BCUT2D eigenvalue weighted by Gasteiger charge is -2.23. The van der Waals surface area contributed by atoms with E-state index in [4.69, 9.17) is 9.47 Å².